The van der Waals surface area contributed by atoms with Crippen LogP contribution in [-0.2, 0) is 9.59 Å². The third-order valence-corrected chi connectivity index (χ3v) is 5.51. The second kappa shape index (κ2) is 7.18. The Labute approximate surface area is 160 Å². The highest BCUT2D eigenvalue weighted by Crippen LogP contribution is 2.37. The number of fused-ring (bicyclic) bond motifs is 1. The minimum Gasteiger partial charge on any atom is -0.486 e. The third-order valence-electron chi connectivity index (χ3n) is 5.51. The summed E-state index contributed by atoms with van der Waals surface area (Å²) in [6.07, 6.45) is -3.94. The second-order valence-corrected chi connectivity index (χ2v) is 7.40. The number of anilines is 1. The average molecular weight is 398 g/mol. The van der Waals surface area contributed by atoms with Crippen LogP contribution in [-0.4, -0.2) is 55.7 Å². The Balaban J connectivity index is 1.45. The molecule has 2 fully saturated rings. The van der Waals surface area contributed by atoms with Gasteiger partial charge >= 0.3 is 6.18 Å². The molecule has 6 nitrogen and oxygen atoms in total. The van der Waals surface area contributed by atoms with Gasteiger partial charge in [0, 0.05) is 37.8 Å². The summed E-state index contributed by atoms with van der Waals surface area (Å²) in [5.41, 5.74) is 0.594. The summed E-state index contributed by atoms with van der Waals surface area (Å²) in [5.74, 6) is -1.58. The highest BCUT2D eigenvalue weighted by atomic mass is 19.4. The lowest BCUT2D eigenvalue weighted by Gasteiger charge is -2.35. The molecule has 1 aromatic rings. The Hall–Kier alpha value is -2.45. The molecule has 2 amide bonds. The Morgan fingerprint density at radius 2 is 1.86 bits per heavy atom. The fourth-order valence-corrected chi connectivity index (χ4v) is 4.03. The second-order valence-electron chi connectivity index (χ2n) is 7.40. The van der Waals surface area contributed by atoms with Crippen molar-refractivity contribution in [2.45, 2.75) is 25.4 Å². The minimum atomic E-state index is -4.30. The Morgan fingerprint density at radius 3 is 2.61 bits per heavy atom. The van der Waals surface area contributed by atoms with E-state index < -0.39 is 18.0 Å². The van der Waals surface area contributed by atoms with Crippen LogP contribution in [0.15, 0.2) is 18.2 Å². The van der Waals surface area contributed by atoms with E-state index >= 15 is 0 Å². The molecule has 2 saturated heterocycles. The highest BCUT2D eigenvalue weighted by Gasteiger charge is 2.45. The maximum atomic E-state index is 13.0. The number of carbonyl (C=O) groups is 2. The summed E-state index contributed by atoms with van der Waals surface area (Å²) < 4.78 is 50.0. The lowest BCUT2D eigenvalue weighted by molar-refractivity contribution is -0.188. The number of hydrogen-bond acceptors (Lipinski definition) is 4. The number of carbonyl (C=O) groups excluding carboxylic acids is 2. The first kappa shape index (κ1) is 18.9. The Bertz CT molecular complexity index is 783. The summed E-state index contributed by atoms with van der Waals surface area (Å²) in [5, 5.41) is 0. The lowest BCUT2D eigenvalue weighted by atomic mass is 9.96. The van der Waals surface area contributed by atoms with Crippen molar-refractivity contribution in [3.63, 3.8) is 0 Å². The van der Waals surface area contributed by atoms with Crippen LogP contribution in [0.1, 0.15) is 19.3 Å². The lowest BCUT2D eigenvalue weighted by Crippen LogP contribution is -2.47. The molecule has 0 radical (unpaired) electrons. The minimum absolute atomic E-state index is 0.000456. The van der Waals surface area contributed by atoms with E-state index in [9.17, 15) is 22.8 Å². The zero-order valence-corrected chi connectivity index (χ0v) is 15.2. The zero-order chi connectivity index (χ0) is 19.9. The van der Waals surface area contributed by atoms with Gasteiger partial charge in [0.1, 0.15) is 13.2 Å². The van der Waals surface area contributed by atoms with Gasteiger partial charge in [0.05, 0.1) is 11.8 Å². The number of alkyl halides is 3. The largest absolute Gasteiger partial charge is 0.486 e. The van der Waals surface area contributed by atoms with Crippen molar-refractivity contribution in [1.29, 1.82) is 0 Å². The van der Waals surface area contributed by atoms with E-state index in [-0.39, 0.29) is 37.7 Å². The summed E-state index contributed by atoms with van der Waals surface area (Å²) in [7, 11) is 0. The summed E-state index contributed by atoms with van der Waals surface area (Å²) in [6.45, 7) is 1.02. The van der Waals surface area contributed by atoms with Crippen molar-refractivity contribution in [3.05, 3.63) is 18.2 Å². The van der Waals surface area contributed by atoms with Crippen molar-refractivity contribution < 1.29 is 32.2 Å². The van der Waals surface area contributed by atoms with E-state index in [0.717, 1.165) is 0 Å². The number of halogens is 3. The van der Waals surface area contributed by atoms with Crippen molar-refractivity contribution in [2.24, 2.45) is 11.8 Å². The molecule has 0 bridgehead atoms. The van der Waals surface area contributed by atoms with Gasteiger partial charge in [-0.2, -0.15) is 13.2 Å². The maximum Gasteiger partial charge on any atom is 0.393 e. The molecule has 152 valence electrons. The molecular formula is C19H21F3N2O4. The summed E-state index contributed by atoms with van der Waals surface area (Å²) in [4.78, 5) is 28.0. The Kier molecular flexibility index (Phi) is 4.84. The predicted molar refractivity (Wildman–Crippen MR) is 93.3 cm³/mol. The number of piperidine rings is 1. The summed E-state index contributed by atoms with van der Waals surface area (Å²) in [6, 6.07) is 5.13. The van der Waals surface area contributed by atoms with Crippen LogP contribution in [0.25, 0.3) is 0 Å². The van der Waals surface area contributed by atoms with Gasteiger partial charge in [0.25, 0.3) is 0 Å². The number of rotatable bonds is 2. The maximum absolute atomic E-state index is 13.0. The number of amides is 2. The molecule has 0 unspecified atom stereocenters. The van der Waals surface area contributed by atoms with Crippen molar-refractivity contribution in [3.8, 4) is 11.5 Å². The van der Waals surface area contributed by atoms with Crippen LogP contribution in [0.3, 0.4) is 0 Å². The van der Waals surface area contributed by atoms with E-state index in [1.54, 1.807) is 18.2 Å². The van der Waals surface area contributed by atoms with Crippen LogP contribution in [0, 0.1) is 11.8 Å². The molecule has 3 heterocycles. The summed E-state index contributed by atoms with van der Waals surface area (Å²) >= 11 is 0. The van der Waals surface area contributed by atoms with E-state index in [1.807, 2.05) is 0 Å². The van der Waals surface area contributed by atoms with Gasteiger partial charge in [-0.3, -0.25) is 9.59 Å². The molecule has 1 aromatic carbocycles. The fourth-order valence-electron chi connectivity index (χ4n) is 4.03. The monoisotopic (exact) mass is 398 g/mol. The first-order valence-electron chi connectivity index (χ1n) is 9.38. The van der Waals surface area contributed by atoms with Gasteiger partial charge in [-0.1, -0.05) is 0 Å². The molecule has 28 heavy (non-hydrogen) atoms. The highest BCUT2D eigenvalue weighted by molar-refractivity contribution is 6.00. The molecule has 3 aliphatic rings. The van der Waals surface area contributed by atoms with Crippen molar-refractivity contribution >= 4 is 17.5 Å². The van der Waals surface area contributed by atoms with Gasteiger partial charge in [0.15, 0.2) is 11.5 Å². The molecule has 0 saturated carbocycles. The fraction of sp³-hybridized carbons (Fsp3) is 0.579. The smallest absolute Gasteiger partial charge is 0.393 e. The number of ether oxygens (including phenoxy) is 2. The van der Waals surface area contributed by atoms with Crippen molar-refractivity contribution in [1.82, 2.24) is 4.90 Å². The van der Waals surface area contributed by atoms with E-state index in [0.29, 0.717) is 43.4 Å². The number of nitrogens with zero attached hydrogens (tertiary/aromatic N) is 2. The van der Waals surface area contributed by atoms with Gasteiger partial charge in [0.2, 0.25) is 11.8 Å². The molecule has 4 rings (SSSR count). The van der Waals surface area contributed by atoms with Crippen LogP contribution in [0.5, 0.6) is 11.5 Å². The number of likely N-dealkylation sites (tertiary alicyclic amines) is 1. The first-order valence-corrected chi connectivity index (χ1v) is 9.38. The predicted octanol–water partition coefficient (Wildman–Crippen LogP) is 2.61. The molecular weight excluding hydrogens is 377 g/mol. The topological polar surface area (TPSA) is 59.1 Å². The number of hydrogen-bond donors (Lipinski definition) is 0. The number of benzene rings is 1. The SMILES string of the molecule is O=C([C@@H]1CC(=O)N(c2ccc3c(c2)OCCO3)C1)N1CCC[C@@H](C(F)(F)F)C1. The van der Waals surface area contributed by atoms with Gasteiger partial charge in [-0.15, -0.1) is 0 Å². The molecule has 0 aromatic heterocycles. The molecule has 2 atom stereocenters. The van der Waals surface area contributed by atoms with Crippen LogP contribution in [0.4, 0.5) is 18.9 Å². The van der Waals surface area contributed by atoms with Gasteiger partial charge < -0.3 is 19.3 Å². The van der Waals surface area contributed by atoms with E-state index in [1.165, 1.54) is 9.80 Å². The molecule has 0 spiro atoms. The van der Waals surface area contributed by atoms with E-state index in [2.05, 4.69) is 0 Å². The standard InChI is InChI=1S/C19H21F3N2O4/c20-19(21,22)13-2-1-5-23(11-13)18(26)12-8-17(25)24(10-12)14-3-4-15-16(9-14)28-7-6-27-15/h3-4,9,12-13H,1-2,5-8,10-11H2/t12-,13-/m1/s1. The first-order chi connectivity index (χ1) is 13.3. The Morgan fingerprint density at radius 1 is 1.11 bits per heavy atom. The normalized spacial score (nSPS) is 25.2. The molecule has 3 aliphatic heterocycles. The van der Waals surface area contributed by atoms with Gasteiger partial charge in [-0.05, 0) is 25.0 Å². The molecule has 9 heteroatoms. The van der Waals surface area contributed by atoms with Gasteiger partial charge in [-0.25, -0.2) is 0 Å². The van der Waals surface area contributed by atoms with E-state index in [4.69, 9.17) is 9.47 Å². The molecule has 0 N–H and O–H groups in total. The average Bonchev–Trinajstić information content (AvgIpc) is 3.08. The quantitative estimate of drug-likeness (QED) is 0.769. The van der Waals surface area contributed by atoms with Crippen LogP contribution >= 0.6 is 0 Å². The zero-order valence-electron chi connectivity index (χ0n) is 15.2. The van der Waals surface area contributed by atoms with Crippen LogP contribution in [0.2, 0.25) is 0 Å². The molecule has 0 aliphatic carbocycles. The van der Waals surface area contributed by atoms with Crippen LogP contribution < -0.4 is 14.4 Å². The van der Waals surface area contributed by atoms with Crippen molar-refractivity contribution in [2.75, 3.05) is 37.7 Å². The third kappa shape index (κ3) is 3.62.